The van der Waals surface area contributed by atoms with Gasteiger partial charge >= 0.3 is 0 Å². The molecule has 0 fully saturated rings. The molecule has 0 aliphatic heterocycles. The van der Waals surface area contributed by atoms with Crippen molar-refractivity contribution < 1.29 is 19.0 Å². The molecule has 0 saturated carbocycles. The lowest BCUT2D eigenvalue weighted by Crippen LogP contribution is -1.96. The van der Waals surface area contributed by atoms with Gasteiger partial charge in [0.25, 0.3) is 0 Å². The molecule has 0 aliphatic carbocycles. The summed E-state index contributed by atoms with van der Waals surface area (Å²) in [6.45, 7) is 1.97. The summed E-state index contributed by atoms with van der Waals surface area (Å²) < 4.78 is 15.9. The van der Waals surface area contributed by atoms with Crippen LogP contribution in [0.5, 0.6) is 17.2 Å². The van der Waals surface area contributed by atoms with Crippen molar-refractivity contribution in [1.82, 2.24) is 0 Å². The molecule has 4 nitrogen and oxygen atoms in total. The van der Waals surface area contributed by atoms with Crippen molar-refractivity contribution in [3.05, 3.63) is 45.7 Å². The first-order valence-electron chi connectivity index (χ1n) is 6.66. The summed E-state index contributed by atoms with van der Waals surface area (Å²) >= 11 is 1.44. The van der Waals surface area contributed by atoms with Crippen LogP contribution in [-0.2, 0) is 0 Å². The molecule has 5 heteroatoms. The second-order valence-electron chi connectivity index (χ2n) is 4.64. The van der Waals surface area contributed by atoms with Crippen molar-refractivity contribution in [2.75, 3.05) is 21.3 Å². The van der Waals surface area contributed by atoms with Crippen molar-refractivity contribution in [2.45, 2.75) is 6.92 Å². The number of allylic oxidation sites excluding steroid dienone is 1. The number of benzene rings is 1. The van der Waals surface area contributed by atoms with Crippen molar-refractivity contribution in [3.8, 4) is 17.2 Å². The van der Waals surface area contributed by atoms with Crippen LogP contribution in [0.25, 0.3) is 6.08 Å². The standard InChI is InChI=1S/C17H18O4S/c1-11-7-16(22-10-11)13(18)6-5-12-8-14(19-2)17(21-4)15(9-12)20-3/h5-10H,1-4H3/b6-5+. The number of carbonyl (C=O) groups is 1. The smallest absolute Gasteiger partial charge is 0.203 e. The third-order valence-corrected chi connectivity index (χ3v) is 4.15. The van der Waals surface area contributed by atoms with Crippen LogP contribution in [0, 0.1) is 6.92 Å². The summed E-state index contributed by atoms with van der Waals surface area (Å²) in [5.41, 5.74) is 1.89. The van der Waals surface area contributed by atoms with Crippen LogP contribution in [0.2, 0.25) is 0 Å². The summed E-state index contributed by atoms with van der Waals surface area (Å²) in [6.07, 6.45) is 3.29. The molecule has 1 aromatic carbocycles. The van der Waals surface area contributed by atoms with E-state index >= 15 is 0 Å². The van der Waals surface area contributed by atoms with E-state index in [0.29, 0.717) is 17.2 Å². The molecule has 2 rings (SSSR count). The fraction of sp³-hybridized carbons (Fsp3) is 0.235. The lowest BCUT2D eigenvalue weighted by molar-refractivity contribution is 0.105. The zero-order valence-electron chi connectivity index (χ0n) is 13.0. The minimum Gasteiger partial charge on any atom is -0.493 e. The quantitative estimate of drug-likeness (QED) is 0.597. The van der Waals surface area contributed by atoms with Gasteiger partial charge in [-0.3, -0.25) is 4.79 Å². The first-order chi connectivity index (χ1) is 10.6. The molecule has 1 aromatic heterocycles. The molecular weight excluding hydrogens is 300 g/mol. The molecule has 0 aliphatic rings. The van der Waals surface area contributed by atoms with Gasteiger partial charge in [0, 0.05) is 0 Å². The minimum atomic E-state index is -0.0214. The Morgan fingerprint density at radius 1 is 1.05 bits per heavy atom. The van der Waals surface area contributed by atoms with E-state index in [1.807, 2.05) is 18.4 Å². The average Bonchev–Trinajstić information content (AvgIpc) is 2.97. The molecule has 2 aromatic rings. The van der Waals surface area contributed by atoms with Crippen molar-refractivity contribution >= 4 is 23.2 Å². The second kappa shape index (κ2) is 7.13. The number of methoxy groups -OCH3 is 3. The Kier molecular flexibility index (Phi) is 5.22. The highest BCUT2D eigenvalue weighted by Gasteiger charge is 2.12. The second-order valence-corrected chi connectivity index (χ2v) is 5.56. The third kappa shape index (κ3) is 3.49. The Bertz CT molecular complexity index is 675. The van der Waals surface area contributed by atoms with Gasteiger partial charge in [-0.1, -0.05) is 6.08 Å². The summed E-state index contributed by atoms with van der Waals surface area (Å²) in [5.74, 6) is 1.62. The number of aryl methyl sites for hydroxylation is 1. The van der Waals surface area contributed by atoms with E-state index in [2.05, 4.69) is 0 Å². The monoisotopic (exact) mass is 318 g/mol. The maximum Gasteiger partial charge on any atom is 0.203 e. The largest absolute Gasteiger partial charge is 0.493 e. The number of hydrogen-bond acceptors (Lipinski definition) is 5. The van der Waals surface area contributed by atoms with Crippen LogP contribution in [0.15, 0.2) is 29.7 Å². The topological polar surface area (TPSA) is 44.8 Å². The molecule has 0 bridgehead atoms. The highest BCUT2D eigenvalue weighted by molar-refractivity contribution is 7.12. The van der Waals surface area contributed by atoms with E-state index in [0.717, 1.165) is 16.0 Å². The molecule has 116 valence electrons. The van der Waals surface area contributed by atoms with Gasteiger partial charge in [-0.05, 0) is 47.7 Å². The van der Waals surface area contributed by atoms with Crippen LogP contribution in [0.4, 0.5) is 0 Å². The van der Waals surface area contributed by atoms with Gasteiger partial charge in [0.1, 0.15) is 0 Å². The van der Waals surface area contributed by atoms with Crippen LogP contribution < -0.4 is 14.2 Å². The Balaban J connectivity index is 2.29. The SMILES string of the molecule is COc1cc(/C=C/C(=O)c2cc(C)cs2)cc(OC)c1OC. The van der Waals surface area contributed by atoms with Crippen LogP contribution in [0.1, 0.15) is 20.8 Å². The molecule has 0 amide bonds. The number of hydrogen-bond donors (Lipinski definition) is 0. The van der Waals surface area contributed by atoms with E-state index < -0.39 is 0 Å². The molecule has 0 saturated heterocycles. The summed E-state index contributed by atoms with van der Waals surface area (Å²) in [5, 5.41) is 1.96. The summed E-state index contributed by atoms with van der Waals surface area (Å²) in [7, 11) is 4.67. The maximum absolute atomic E-state index is 12.1. The zero-order valence-corrected chi connectivity index (χ0v) is 13.8. The van der Waals surface area contributed by atoms with E-state index in [-0.39, 0.29) is 5.78 Å². The third-order valence-electron chi connectivity index (χ3n) is 3.09. The van der Waals surface area contributed by atoms with E-state index in [1.165, 1.54) is 11.3 Å². The Hall–Kier alpha value is -2.27. The first kappa shape index (κ1) is 16.1. The molecule has 0 unspecified atom stereocenters. The highest BCUT2D eigenvalue weighted by Crippen LogP contribution is 2.38. The Labute approximate surface area is 133 Å². The van der Waals surface area contributed by atoms with Gasteiger partial charge in [-0.2, -0.15) is 0 Å². The number of carbonyl (C=O) groups excluding carboxylic acids is 1. The Morgan fingerprint density at radius 3 is 2.14 bits per heavy atom. The van der Waals surface area contributed by atoms with Crippen LogP contribution >= 0.6 is 11.3 Å². The fourth-order valence-electron chi connectivity index (χ4n) is 2.01. The molecule has 0 atom stereocenters. The molecule has 1 heterocycles. The highest BCUT2D eigenvalue weighted by atomic mass is 32.1. The normalized spacial score (nSPS) is 10.7. The van der Waals surface area contributed by atoms with Crippen molar-refractivity contribution in [1.29, 1.82) is 0 Å². The number of ether oxygens (including phenoxy) is 3. The number of thiophene rings is 1. The lowest BCUT2D eigenvalue weighted by atomic mass is 10.1. The van der Waals surface area contributed by atoms with Crippen LogP contribution in [0.3, 0.4) is 0 Å². The maximum atomic E-state index is 12.1. The van der Waals surface area contributed by atoms with E-state index in [4.69, 9.17) is 14.2 Å². The lowest BCUT2D eigenvalue weighted by Gasteiger charge is -2.12. The minimum absolute atomic E-state index is 0.0214. The average molecular weight is 318 g/mol. The Morgan fingerprint density at radius 2 is 1.68 bits per heavy atom. The molecule has 0 N–H and O–H groups in total. The van der Waals surface area contributed by atoms with Crippen molar-refractivity contribution in [3.63, 3.8) is 0 Å². The molecule has 22 heavy (non-hydrogen) atoms. The van der Waals surface area contributed by atoms with Gasteiger partial charge in [0.2, 0.25) is 5.75 Å². The zero-order chi connectivity index (χ0) is 16.1. The summed E-state index contributed by atoms with van der Waals surface area (Å²) in [6, 6.07) is 5.47. The van der Waals surface area contributed by atoms with E-state index in [1.54, 1.807) is 45.6 Å². The fourth-order valence-corrected chi connectivity index (χ4v) is 2.83. The predicted molar refractivity (Wildman–Crippen MR) is 88.5 cm³/mol. The van der Waals surface area contributed by atoms with Gasteiger partial charge in [0.05, 0.1) is 26.2 Å². The predicted octanol–water partition coefficient (Wildman–Crippen LogP) is 3.98. The van der Waals surface area contributed by atoms with Gasteiger partial charge < -0.3 is 14.2 Å². The number of rotatable bonds is 6. The van der Waals surface area contributed by atoms with E-state index in [9.17, 15) is 4.79 Å². The van der Waals surface area contributed by atoms with Crippen molar-refractivity contribution in [2.24, 2.45) is 0 Å². The molecular formula is C17H18O4S. The van der Waals surface area contributed by atoms with Crippen LogP contribution in [-0.4, -0.2) is 27.1 Å². The van der Waals surface area contributed by atoms with Gasteiger partial charge in [-0.15, -0.1) is 11.3 Å². The first-order valence-corrected chi connectivity index (χ1v) is 7.54. The molecule has 0 spiro atoms. The van der Waals surface area contributed by atoms with Gasteiger partial charge in [0.15, 0.2) is 17.3 Å². The number of ketones is 1. The van der Waals surface area contributed by atoms with Gasteiger partial charge in [-0.25, -0.2) is 0 Å². The summed E-state index contributed by atoms with van der Waals surface area (Å²) in [4.78, 5) is 12.8. The molecule has 0 radical (unpaired) electrons.